The Labute approximate surface area is 116 Å². The zero-order valence-corrected chi connectivity index (χ0v) is 12.1. The van der Waals surface area contributed by atoms with E-state index in [2.05, 4.69) is 0 Å². The molecule has 2 atom stereocenters. The van der Waals surface area contributed by atoms with Crippen LogP contribution in [0.1, 0.15) is 29.7 Å². The number of aliphatic hydroxyl groups is 1. The Bertz CT molecular complexity index is 620. The van der Waals surface area contributed by atoms with E-state index in [0.717, 1.165) is 6.07 Å². The zero-order valence-electron chi connectivity index (χ0n) is 11.2. The topological polar surface area (TPSA) is 108 Å². The fraction of sp³-hybridized carbons (Fsp3) is 0.583. The van der Waals surface area contributed by atoms with Gasteiger partial charge in [0.1, 0.15) is 10.7 Å². The van der Waals surface area contributed by atoms with Crippen LogP contribution in [-0.4, -0.2) is 48.1 Å². The lowest BCUT2D eigenvalue weighted by atomic mass is 9.99. The van der Waals surface area contributed by atoms with Gasteiger partial charge in [-0.05, 0) is 19.3 Å². The van der Waals surface area contributed by atoms with E-state index in [1.165, 1.54) is 11.2 Å². The zero-order chi connectivity index (χ0) is 15.1. The lowest BCUT2D eigenvalue weighted by Crippen LogP contribution is -2.44. The van der Waals surface area contributed by atoms with E-state index >= 15 is 0 Å². The fourth-order valence-electron chi connectivity index (χ4n) is 2.28. The quantitative estimate of drug-likeness (QED) is 0.850. The molecule has 8 heteroatoms. The van der Waals surface area contributed by atoms with E-state index < -0.39 is 27.9 Å². The molecule has 0 aliphatic carbocycles. The summed E-state index contributed by atoms with van der Waals surface area (Å²) in [6, 6.07) is 1.03. The van der Waals surface area contributed by atoms with Crippen molar-refractivity contribution in [1.82, 2.24) is 4.31 Å². The van der Waals surface area contributed by atoms with Crippen molar-refractivity contribution in [2.75, 3.05) is 13.1 Å². The van der Waals surface area contributed by atoms with Gasteiger partial charge in [0.15, 0.2) is 0 Å². The van der Waals surface area contributed by atoms with Crippen molar-refractivity contribution < 1.29 is 27.8 Å². The van der Waals surface area contributed by atoms with E-state index in [1.807, 2.05) is 0 Å². The van der Waals surface area contributed by atoms with Gasteiger partial charge in [0.05, 0.1) is 6.10 Å². The maximum Gasteiger partial charge on any atom is 0.371 e. The molecule has 1 aromatic rings. The average Bonchev–Trinajstić information content (AvgIpc) is 2.75. The summed E-state index contributed by atoms with van der Waals surface area (Å²) >= 11 is 0. The number of hydrogen-bond acceptors (Lipinski definition) is 5. The van der Waals surface area contributed by atoms with Gasteiger partial charge in [0.2, 0.25) is 15.8 Å². The highest BCUT2D eigenvalue weighted by molar-refractivity contribution is 7.89. The van der Waals surface area contributed by atoms with Crippen LogP contribution >= 0.6 is 0 Å². The van der Waals surface area contributed by atoms with Gasteiger partial charge in [-0.1, -0.05) is 6.92 Å². The van der Waals surface area contributed by atoms with Gasteiger partial charge in [0, 0.05) is 19.2 Å². The maximum atomic E-state index is 12.5. The average molecular weight is 303 g/mol. The first-order chi connectivity index (χ1) is 9.23. The van der Waals surface area contributed by atoms with E-state index in [-0.39, 0.29) is 29.7 Å². The maximum absolute atomic E-state index is 12.5. The van der Waals surface area contributed by atoms with Gasteiger partial charge in [-0.15, -0.1) is 0 Å². The third-order valence-corrected chi connectivity index (χ3v) is 5.50. The Morgan fingerprint density at radius 1 is 1.50 bits per heavy atom. The van der Waals surface area contributed by atoms with Gasteiger partial charge in [-0.3, -0.25) is 0 Å². The van der Waals surface area contributed by atoms with Crippen molar-refractivity contribution in [3.63, 3.8) is 0 Å². The molecule has 2 heterocycles. The molecule has 0 saturated carbocycles. The number of carboxylic acids is 1. The fourth-order valence-corrected chi connectivity index (χ4v) is 4.00. The van der Waals surface area contributed by atoms with Crippen LogP contribution in [-0.2, 0) is 10.0 Å². The van der Waals surface area contributed by atoms with Crippen LogP contribution in [0, 0.1) is 12.8 Å². The molecule has 0 amide bonds. The predicted octanol–water partition coefficient (Wildman–Crippen LogP) is 0.678. The predicted molar refractivity (Wildman–Crippen MR) is 69.0 cm³/mol. The highest BCUT2D eigenvalue weighted by atomic mass is 32.2. The van der Waals surface area contributed by atoms with Crippen molar-refractivity contribution in [3.8, 4) is 0 Å². The SMILES string of the molecule is Cc1oc(C(=O)O)cc1S(=O)(=O)N1CCC(O)C(C)C1. The summed E-state index contributed by atoms with van der Waals surface area (Å²) in [6.45, 7) is 3.61. The molecule has 1 saturated heterocycles. The molecular weight excluding hydrogens is 286 g/mol. The first-order valence-corrected chi connectivity index (χ1v) is 7.69. The smallest absolute Gasteiger partial charge is 0.371 e. The summed E-state index contributed by atoms with van der Waals surface area (Å²) in [4.78, 5) is 10.7. The van der Waals surface area contributed by atoms with Gasteiger partial charge >= 0.3 is 5.97 Å². The largest absolute Gasteiger partial charge is 0.475 e. The molecule has 0 bridgehead atoms. The second-order valence-electron chi connectivity index (χ2n) is 5.03. The first kappa shape index (κ1) is 15.0. The number of furan rings is 1. The summed E-state index contributed by atoms with van der Waals surface area (Å²) in [6.07, 6.45) is -0.148. The number of sulfonamides is 1. The normalized spacial score (nSPS) is 24.8. The minimum atomic E-state index is -3.80. The number of carbonyl (C=O) groups is 1. The van der Waals surface area contributed by atoms with Crippen molar-refractivity contribution in [3.05, 3.63) is 17.6 Å². The number of rotatable bonds is 3. The van der Waals surface area contributed by atoms with E-state index in [4.69, 9.17) is 9.52 Å². The third-order valence-electron chi connectivity index (χ3n) is 3.52. The molecule has 2 N–H and O–H groups in total. The number of aliphatic hydroxyl groups excluding tert-OH is 1. The number of aromatic carboxylic acids is 1. The number of carboxylic acid groups (broad SMARTS) is 1. The van der Waals surface area contributed by atoms with Crippen LogP contribution in [0.5, 0.6) is 0 Å². The molecule has 1 aliphatic heterocycles. The minimum absolute atomic E-state index is 0.0566. The van der Waals surface area contributed by atoms with Crippen LogP contribution < -0.4 is 0 Å². The minimum Gasteiger partial charge on any atom is -0.475 e. The first-order valence-electron chi connectivity index (χ1n) is 6.25. The van der Waals surface area contributed by atoms with Crippen molar-refractivity contribution in [2.24, 2.45) is 5.92 Å². The second-order valence-corrected chi connectivity index (χ2v) is 6.94. The molecule has 1 aliphatic rings. The highest BCUT2D eigenvalue weighted by Crippen LogP contribution is 2.27. The van der Waals surface area contributed by atoms with E-state index in [1.54, 1.807) is 6.92 Å². The summed E-state index contributed by atoms with van der Waals surface area (Å²) in [5.74, 6) is -1.81. The molecule has 0 aromatic carbocycles. The lowest BCUT2D eigenvalue weighted by Gasteiger charge is -2.33. The van der Waals surface area contributed by atoms with Gasteiger partial charge in [0.25, 0.3) is 0 Å². The van der Waals surface area contributed by atoms with Crippen molar-refractivity contribution >= 4 is 16.0 Å². The number of aryl methyl sites for hydroxylation is 1. The summed E-state index contributed by atoms with van der Waals surface area (Å²) in [7, 11) is -3.80. The molecule has 2 unspecified atom stereocenters. The molecule has 1 fully saturated rings. The Morgan fingerprint density at radius 2 is 2.15 bits per heavy atom. The molecule has 0 radical (unpaired) electrons. The lowest BCUT2D eigenvalue weighted by molar-refractivity contribution is 0.0627. The van der Waals surface area contributed by atoms with Crippen LogP contribution in [0.2, 0.25) is 0 Å². The second kappa shape index (κ2) is 5.19. The van der Waals surface area contributed by atoms with Gasteiger partial charge in [-0.25, -0.2) is 13.2 Å². The standard InChI is InChI=1S/C12H17NO6S/c1-7-6-13(4-3-9(7)14)20(17,18)11-5-10(12(15)16)19-8(11)2/h5,7,9,14H,3-4,6H2,1-2H3,(H,15,16). The van der Waals surface area contributed by atoms with Gasteiger partial charge in [-0.2, -0.15) is 4.31 Å². The summed E-state index contributed by atoms with van der Waals surface area (Å²) in [5, 5.41) is 18.5. The van der Waals surface area contributed by atoms with Crippen molar-refractivity contribution in [1.29, 1.82) is 0 Å². The van der Waals surface area contributed by atoms with Crippen LogP contribution in [0.25, 0.3) is 0 Å². The van der Waals surface area contributed by atoms with E-state index in [9.17, 15) is 18.3 Å². The number of piperidine rings is 1. The Morgan fingerprint density at radius 3 is 2.65 bits per heavy atom. The molecule has 112 valence electrons. The summed E-state index contributed by atoms with van der Waals surface area (Å²) < 4.78 is 31.2. The Kier molecular flexibility index (Phi) is 3.90. The van der Waals surface area contributed by atoms with Crippen LogP contribution in [0.3, 0.4) is 0 Å². The third kappa shape index (κ3) is 2.58. The molecule has 2 rings (SSSR count). The Hall–Kier alpha value is -1.38. The highest BCUT2D eigenvalue weighted by Gasteiger charge is 2.35. The molecule has 1 aromatic heterocycles. The van der Waals surface area contributed by atoms with Crippen molar-refractivity contribution in [2.45, 2.75) is 31.3 Å². The van der Waals surface area contributed by atoms with Crippen LogP contribution in [0.4, 0.5) is 0 Å². The van der Waals surface area contributed by atoms with E-state index in [0.29, 0.717) is 6.42 Å². The van der Waals surface area contributed by atoms with Gasteiger partial charge < -0.3 is 14.6 Å². The molecule has 7 nitrogen and oxygen atoms in total. The summed E-state index contributed by atoms with van der Waals surface area (Å²) in [5.41, 5.74) is 0. The monoisotopic (exact) mass is 303 g/mol. The number of nitrogens with zero attached hydrogens (tertiary/aromatic N) is 1. The number of hydrogen-bond donors (Lipinski definition) is 2. The Balaban J connectivity index is 2.33. The molecular formula is C12H17NO6S. The molecule has 20 heavy (non-hydrogen) atoms. The van der Waals surface area contributed by atoms with Crippen LogP contribution in [0.15, 0.2) is 15.4 Å². The molecule has 0 spiro atoms.